The number of nitrogens with zero attached hydrogens (tertiary/aromatic N) is 1. The minimum atomic E-state index is -0.608. The lowest BCUT2D eigenvalue weighted by molar-refractivity contribution is -0.132. The highest BCUT2D eigenvalue weighted by Crippen LogP contribution is 2.36. The molecule has 2 heterocycles. The minimum Gasteiger partial charge on any atom is -0.486 e. The summed E-state index contributed by atoms with van der Waals surface area (Å²) in [6.07, 6.45) is 5.58. The molecule has 0 aromatic heterocycles. The molecule has 3 aliphatic rings. The van der Waals surface area contributed by atoms with Gasteiger partial charge in [-0.25, -0.2) is 0 Å². The van der Waals surface area contributed by atoms with E-state index in [9.17, 15) is 14.4 Å². The van der Waals surface area contributed by atoms with E-state index in [2.05, 4.69) is 10.6 Å². The number of amides is 3. The summed E-state index contributed by atoms with van der Waals surface area (Å²) in [6, 6.07) is 4.95. The molecule has 0 spiro atoms. The van der Waals surface area contributed by atoms with Crippen molar-refractivity contribution >= 4 is 23.4 Å². The fourth-order valence-corrected chi connectivity index (χ4v) is 4.68. The average Bonchev–Trinajstić information content (AvgIpc) is 3.19. The summed E-state index contributed by atoms with van der Waals surface area (Å²) >= 11 is 0. The summed E-state index contributed by atoms with van der Waals surface area (Å²) in [7, 11) is 0. The van der Waals surface area contributed by atoms with E-state index < -0.39 is 12.0 Å². The van der Waals surface area contributed by atoms with Gasteiger partial charge in [0.15, 0.2) is 11.5 Å². The second-order valence-electron chi connectivity index (χ2n) is 9.31. The summed E-state index contributed by atoms with van der Waals surface area (Å²) in [6.45, 7) is 5.09. The maximum atomic E-state index is 13.0. The molecule has 1 aromatic rings. The Labute approximate surface area is 189 Å². The summed E-state index contributed by atoms with van der Waals surface area (Å²) < 4.78 is 11.2. The second kappa shape index (κ2) is 9.79. The molecule has 8 nitrogen and oxygen atoms in total. The Kier molecular flexibility index (Phi) is 6.86. The van der Waals surface area contributed by atoms with Gasteiger partial charge in [0.25, 0.3) is 0 Å². The van der Waals surface area contributed by atoms with Crippen LogP contribution in [0.1, 0.15) is 52.4 Å². The number of nitrogens with one attached hydrogen (secondary N) is 2. The van der Waals surface area contributed by atoms with Crippen molar-refractivity contribution in [1.29, 1.82) is 0 Å². The molecule has 2 N–H and O–H groups in total. The number of hydrogen-bond acceptors (Lipinski definition) is 5. The SMILES string of the molecule is CC(C)[C@H](NC(=O)[C@@H]1CC(=O)N(c2ccc3c(c2)OCCO3)C1)C(=O)NC1CCCCC1. The van der Waals surface area contributed by atoms with Crippen LogP contribution in [0.3, 0.4) is 0 Å². The van der Waals surface area contributed by atoms with Crippen LogP contribution < -0.4 is 25.0 Å². The minimum absolute atomic E-state index is 0.0476. The zero-order chi connectivity index (χ0) is 22.7. The predicted octanol–water partition coefficient (Wildman–Crippen LogP) is 2.40. The molecule has 2 aliphatic heterocycles. The second-order valence-corrected chi connectivity index (χ2v) is 9.31. The molecule has 174 valence electrons. The highest BCUT2D eigenvalue weighted by Gasteiger charge is 2.37. The molecule has 0 bridgehead atoms. The third-order valence-corrected chi connectivity index (χ3v) is 6.53. The number of hydrogen-bond donors (Lipinski definition) is 2. The highest BCUT2D eigenvalue weighted by atomic mass is 16.6. The number of anilines is 1. The van der Waals surface area contributed by atoms with Crippen molar-refractivity contribution in [2.24, 2.45) is 11.8 Å². The van der Waals surface area contributed by atoms with Crippen molar-refractivity contribution in [3.63, 3.8) is 0 Å². The zero-order valence-corrected chi connectivity index (χ0v) is 18.9. The molecule has 1 saturated carbocycles. The van der Waals surface area contributed by atoms with E-state index in [4.69, 9.17) is 9.47 Å². The third kappa shape index (κ3) is 5.00. The molecule has 8 heteroatoms. The molecule has 0 radical (unpaired) electrons. The van der Waals surface area contributed by atoms with E-state index in [0.29, 0.717) is 30.4 Å². The summed E-state index contributed by atoms with van der Waals surface area (Å²) in [5.41, 5.74) is 0.685. The van der Waals surface area contributed by atoms with E-state index in [1.807, 2.05) is 13.8 Å². The maximum absolute atomic E-state index is 13.0. The van der Waals surface area contributed by atoms with Crippen LogP contribution in [-0.4, -0.2) is 49.6 Å². The Balaban J connectivity index is 1.38. The van der Waals surface area contributed by atoms with Crippen LogP contribution in [0, 0.1) is 11.8 Å². The van der Waals surface area contributed by atoms with Gasteiger partial charge in [-0.2, -0.15) is 0 Å². The smallest absolute Gasteiger partial charge is 0.243 e. The van der Waals surface area contributed by atoms with Gasteiger partial charge >= 0.3 is 0 Å². The Morgan fingerprint density at radius 3 is 2.50 bits per heavy atom. The van der Waals surface area contributed by atoms with Gasteiger partial charge in [0.2, 0.25) is 17.7 Å². The number of rotatable bonds is 6. The number of carbonyl (C=O) groups excluding carboxylic acids is 3. The van der Waals surface area contributed by atoms with E-state index in [0.717, 1.165) is 25.7 Å². The fraction of sp³-hybridized carbons (Fsp3) is 0.625. The van der Waals surface area contributed by atoms with Crippen LogP contribution in [0.5, 0.6) is 11.5 Å². The van der Waals surface area contributed by atoms with Crippen molar-refractivity contribution in [2.75, 3.05) is 24.7 Å². The summed E-state index contributed by atoms with van der Waals surface area (Å²) in [4.78, 5) is 40.1. The molecule has 1 saturated heterocycles. The molecule has 2 fully saturated rings. The topological polar surface area (TPSA) is 97.0 Å². The first-order chi connectivity index (χ1) is 15.4. The van der Waals surface area contributed by atoms with Crippen molar-refractivity contribution in [3.8, 4) is 11.5 Å². The van der Waals surface area contributed by atoms with Gasteiger partial charge in [-0.3, -0.25) is 14.4 Å². The van der Waals surface area contributed by atoms with Gasteiger partial charge in [0.05, 0.1) is 5.92 Å². The normalized spacial score (nSPS) is 22.0. The molecule has 4 rings (SSSR count). The lowest BCUT2D eigenvalue weighted by atomic mass is 9.94. The van der Waals surface area contributed by atoms with E-state index in [1.165, 1.54) is 6.42 Å². The molecular weight excluding hydrogens is 410 g/mol. The highest BCUT2D eigenvalue weighted by molar-refractivity contribution is 6.01. The number of ether oxygens (including phenoxy) is 2. The largest absolute Gasteiger partial charge is 0.486 e. The molecule has 32 heavy (non-hydrogen) atoms. The van der Waals surface area contributed by atoms with Crippen molar-refractivity contribution in [1.82, 2.24) is 10.6 Å². The number of benzene rings is 1. The molecule has 1 aliphatic carbocycles. The van der Waals surface area contributed by atoms with Gasteiger partial charge in [0, 0.05) is 30.8 Å². The molecule has 2 atom stereocenters. The van der Waals surface area contributed by atoms with Crippen LogP contribution in [-0.2, 0) is 14.4 Å². The van der Waals surface area contributed by atoms with Gasteiger partial charge in [-0.15, -0.1) is 0 Å². The Morgan fingerprint density at radius 2 is 1.78 bits per heavy atom. The van der Waals surface area contributed by atoms with Gasteiger partial charge in [-0.1, -0.05) is 33.1 Å². The van der Waals surface area contributed by atoms with E-state index >= 15 is 0 Å². The van der Waals surface area contributed by atoms with E-state index in [-0.39, 0.29) is 42.6 Å². The maximum Gasteiger partial charge on any atom is 0.243 e. The van der Waals surface area contributed by atoms with Crippen LogP contribution in [0.4, 0.5) is 5.69 Å². The standard InChI is InChI=1S/C24H33N3O5/c1-15(2)22(24(30)25-17-6-4-3-5-7-17)26-23(29)16-12-21(28)27(14-16)18-8-9-19-20(13-18)32-11-10-31-19/h8-9,13,15-17,22H,3-7,10-12,14H2,1-2H3,(H,25,30)(H,26,29)/t16-,22+/m1/s1. The number of carbonyl (C=O) groups is 3. The van der Waals surface area contributed by atoms with Crippen LogP contribution in [0.2, 0.25) is 0 Å². The first-order valence-corrected chi connectivity index (χ1v) is 11.7. The van der Waals surface area contributed by atoms with Crippen LogP contribution in [0.15, 0.2) is 18.2 Å². The fourth-order valence-electron chi connectivity index (χ4n) is 4.68. The van der Waals surface area contributed by atoms with Crippen molar-refractivity contribution < 1.29 is 23.9 Å². The summed E-state index contributed by atoms with van der Waals surface area (Å²) in [5, 5.41) is 6.03. The molecule has 3 amide bonds. The van der Waals surface area contributed by atoms with Gasteiger partial charge in [-0.05, 0) is 30.9 Å². The monoisotopic (exact) mass is 443 g/mol. The first-order valence-electron chi connectivity index (χ1n) is 11.7. The van der Waals surface area contributed by atoms with Crippen LogP contribution >= 0.6 is 0 Å². The lowest BCUT2D eigenvalue weighted by Gasteiger charge is -2.28. The van der Waals surface area contributed by atoms with Crippen molar-refractivity contribution in [3.05, 3.63) is 18.2 Å². The van der Waals surface area contributed by atoms with Crippen molar-refractivity contribution in [2.45, 2.75) is 64.5 Å². The summed E-state index contributed by atoms with van der Waals surface area (Å²) in [5.74, 6) is 0.213. The molecule has 0 unspecified atom stereocenters. The molecular formula is C24H33N3O5. The van der Waals surface area contributed by atoms with Crippen LogP contribution in [0.25, 0.3) is 0 Å². The first kappa shape index (κ1) is 22.4. The quantitative estimate of drug-likeness (QED) is 0.704. The lowest BCUT2D eigenvalue weighted by Crippen LogP contribution is -2.53. The van der Waals surface area contributed by atoms with E-state index in [1.54, 1.807) is 23.1 Å². The molecule has 1 aromatic carbocycles. The third-order valence-electron chi connectivity index (χ3n) is 6.53. The zero-order valence-electron chi connectivity index (χ0n) is 18.9. The Bertz CT molecular complexity index is 865. The Hall–Kier alpha value is -2.77. The Morgan fingerprint density at radius 1 is 1.06 bits per heavy atom. The average molecular weight is 444 g/mol. The predicted molar refractivity (Wildman–Crippen MR) is 120 cm³/mol. The number of fused-ring (bicyclic) bond motifs is 1. The van der Waals surface area contributed by atoms with Gasteiger partial charge in [0.1, 0.15) is 19.3 Å². The van der Waals surface area contributed by atoms with Gasteiger partial charge < -0.3 is 25.0 Å².